The molecule has 0 spiro atoms. The first kappa shape index (κ1) is 18.2. The van der Waals surface area contributed by atoms with Crippen LogP contribution in [0.25, 0.3) is 0 Å². The Morgan fingerprint density at radius 2 is 1.63 bits per heavy atom. The SMILES string of the molecule is COc1ccc(NC(=O)c2n[nH]nc2Nc2cc(C)cc(C)c2)cc1OC. The van der Waals surface area contributed by atoms with Crippen LogP contribution in [0.2, 0.25) is 0 Å². The zero-order valence-electron chi connectivity index (χ0n) is 15.6. The molecule has 0 aliphatic heterocycles. The minimum atomic E-state index is -0.400. The lowest BCUT2D eigenvalue weighted by molar-refractivity contribution is 0.102. The molecule has 0 aliphatic carbocycles. The molecule has 0 unspecified atom stereocenters. The van der Waals surface area contributed by atoms with Crippen LogP contribution in [0.4, 0.5) is 17.2 Å². The summed E-state index contributed by atoms with van der Waals surface area (Å²) in [4.78, 5) is 12.6. The molecular formula is C19H21N5O3. The second-order valence-electron chi connectivity index (χ2n) is 6.05. The zero-order valence-corrected chi connectivity index (χ0v) is 15.6. The molecule has 0 saturated heterocycles. The van der Waals surface area contributed by atoms with Gasteiger partial charge in [-0.25, -0.2) is 0 Å². The molecule has 1 aromatic heterocycles. The lowest BCUT2D eigenvalue weighted by Crippen LogP contribution is -2.14. The molecule has 1 amide bonds. The van der Waals surface area contributed by atoms with Crippen molar-refractivity contribution < 1.29 is 14.3 Å². The number of nitrogens with one attached hydrogen (secondary N) is 3. The quantitative estimate of drug-likeness (QED) is 0.617. The van der Waals surface area contributed by atoms with Gasteiger partial charge in [0.15, 0.2) is 23.0 Å². The van der Waals surface area contributed by atoms with Crippen molar-refractivity contribution in [3.63, 3.8) is 0 Å². The Morgan fingerprint density at radius 1 is 0.926 bits per heavy atom. The average molecular weight is 367 g/mol. The minimum Gasteiger partial charge on any atom is -0.493 e. The maximum atomic E-state index is 12.6. The molecule has 0 fully saturated rings. The molecule has 27 heavy (non-hydrogen) atoms. The van der Waals surface area contributed by atoms with E-state index in [-0.39, 0.29) is 5.69 Å². The molecule has 2 aromatic carbocycles. The predicted octanol–water partition coefficient (Wildman–Crippen LogP) is 3.43. The molecular weight excluding hydrogens is 346 g/mol. The van der Waals surface area contributed by atoms with Gasteiger partial charge in [0.05, 0.1) is 14.2 Å². The number of aromatic nitrogens is 3. The van der Waals surface area contributed by atoms with E-state index in [9.17, 15) is 4.79 Å². The number of hydrogen-bond acceptors (Lipinski definition) is 6. The smallest absolute Gasteiger partial charge is 0.280 e. The normalized spacial score (nSPS) is 10.4. The molecule has 3 aromatic rings. The van der Waals surface area contributed by atoms with Gasteiger partial charge in [0.1, 0.15) is 0 Å². The summed E-state index contributed by atoms with van der Waals surface area (Å²) in [5.74, 6) is 1.04. The zero-order chi connectivity index (χ0) is 19.4. The van der Waals surface area contributed by atoms with Gasteiger partial charge in [0.25, 0.3) is 5.91 Å². The Kier molecular flexibility index (Phi) is 5.25. The number of amides is 1. The summed E-state index contributed by atoms with van der Waals surface area (Å²) in [6, 6.07) is 11.1. The molecule has 0 radical (unpaired) electrons. The maximum Gasteiger partial charge on any atom is 0.280 e. The highest BCUT2D eigenvalue weighted by Crippen LogP contribution is 2.30. The summed E-state index contributed by atoms with van der Waals surface area (Å²) in [6.45, 7) is 4.01. The fourth-order valence-corrected chi connectivity index (χ4v) is 2.76. The van der Waals surface area contributed by atoms with E-state index in [0.717, 1.165) is 16.8 Å². The molecule has 0 saturated carbocycles. The molecule has 8 nitrogen and oxygen atoms in total. The largest absolute Gasteiger partial charge is 0.493 e. The summed E-state index contributed by atoms with van der Waals surface area (Å²) >= 11 is 0. The number of carbonyl (C=O) groups is 1. The number of ether oxygens (including phenoxy) is 2. The Morgan fingerprint density at radius 3 is 2.30 bits per heavy atom. The third-order valence-corrected chi connectivity index (χ3v) is 3.89. The highest BCUT2D eigenvalue weighted by atomic mass is 16.5. The number of H-pyrrole nitrogens is 1. The minimum absolute atomic E-state index is 0.156. The van der Waals surface area contributed by atoms with Crippen LogP contribution in [0, 0.1) is 13.8 Å². The number of benzene rings is 2. The van der Waals surface area contributed by atoms with Crippen LogP contribution in [-0.4, -0.2) is 35.5 Å². The van der Waals surface area contributed by atoms with E-state index >= 15 is 0 Å². The Labute approximate surface area is 156 Å². The molecule has 0 bridgehead atoms. The third-order valence-electron chi connectivity index (χ3n) is 3.89. The van der Waals surface area contributed by atoms with Crippen molar-refractivity contribution >= 4 is 23.1 Å². The monoisotopic (exact) mass is 367 g/mol. The van der Waals surface area contributed by atoms with Gasteiger partial charge in [0.2, 0.25) is 0 Å². The van der Waals surface area contributed by atoms with Crippen molar-refractivity contribution in [2.75, 3.05) is 24.9 Å². The summed E-state index contributed by atoms with van der Waals surface area (Å²) in [6.07, 6.45) is 0. The first-order valence-corrected chi connectivity index (χ1v) is 8.29. The van der Waals surface area contributed by atoms with Crippen LogP contribution in [-0.2, 0) is 0 Å². The fraction of sp³-hybridized carbons (Fsp3) is 0.211. The standard InChI is InChI=1S/C19H21N5O3/c1-11-7-12(2)9-14(8-11)20-18-17(22-24-23-18)19(25)21-13-5-6-15(26-3)16(10-13)27-4/h5-10H,1-4H3,(H,21,25)(H2,20,22,23,24). The van der Waals surface area contributed by atoms with E-state index in [1.54, 1.807) is 25.3 Å². The van der Waals surface area contributed by atoms with Crippen molar-refractivity contribution in [3.8, 4) is 11.5 Å². The van der Waals surface area contributed by atoms with E-state index < -0.39 is 5.91 Å². The van der Waals surface area contributed by atoms with E-state index in [1.165, 1.54) is 7.11 Å². The number of aromatic amines is 1. The van der Waals surface area contributed by atoms with Crippen LogP contribution >= 0.6 is 0 Å². The van der Waals surface area contributed by atoms with Crippen molar-refractivity contribution in [2.45, 2.75) is 13.8 Å². The van der Waals surface area contributed by atoms with E-state index in [4.69, 9.17) is 9.47 Å². The molecule has 0 aliphatic rings. The van der Waals surface area contributed by atoms with Gasteiger partial charge in [-0.3, -0.25) is 4.79 Å². The molecule has 1 heterocycles. The topological polar surface area (TPSA) is 101 Å². The molecule has 0 atom stereocenters. The number of methoxy groups -OCH3 is 2. The Balaban J connectivity index is 1.79. The second kappa shape index (κ2) is 7.77. The van der Waals surface area contributed by atoms with Crippen LogP contribution < -0.4 is 20.1 Å². The van der Waals surface area contributed by atoms with Gasteiger partial charge in [0, 0.05) is 17.4 Å². The first-order chi connectivity index (χ1) is 13.0. The fourth-order valence-electron chi connectivity index (χ4n) is 2.76. The summed E-state index contributed by atoms with van der Waals surface area (Å²) in [5.41, 5.74) is 3.76. The van der Waals surface area contributed by atoms with Crippen LogP contribution in [0.5, 0.6) is 11.5 Å². The van der Waals surface area contributed by atoms with Crippen molar-refractivity contribution in [2.24, 2.45) is 0 Å². The van der Waals surface area contributed by atoms with E-state index in [0.29, 0.717) is 23.0 Å². The average Bonchev–Trinajstić information content (AvgIpc) is 3.08. The van der Waals surface area contributed by atoms with Crippen LogP contribution in [0.15, 0.2) is 36.4 Å². The lowest BCUT2D eigenvalue weighted by atomic mass is 10.1. The van der Waals surface area contributed by atoms with Gasteiger partial charge >= 0.3 is 0 Å². The molecule has 3 N–H and O–H groups in total. The number of rotatable bonds is 6. The van der Waals surface area contributed by atoms with Crippen LogP contribution in [0.1, 0.15) is 21.6 Å². The predicted molar refractivity (Wildman–Crippen MR) is 103 cm³/mol. The summed E-state index contributed by atoms with van der Waals surface area (Å²) in [7, 11) is 3.09. The summed E-state index contributed by atoms with van der Waals surface area (Å²) in [5, 5.41) is 16.4. The highest BCUT2D eigenvalue weighted by Gasteiger charge is 2.18. The van der Waals surface area contributed by atoms with Gasteiger partial charge in [-0.2, -0.15) is 5.21 Å². The number of nitrogens with zero attached hydrogens (tertiary/aromatic N) is 2. The molecule has 140 valence electrons. The van der Waals surface area contributed by atoms with Gasteiger partial charge in [-0.15, -0.1) is 10.2 Å². The third kappa shape index (κ3) is 4.17. The number of hydrogen-bond donors (Lipinski definition) is 3. The summed E-state index contributed by atoms with van der Waals surface area (Å²) < 4.78 is 10.4. The van der Waals surface area contributed by atoms with Crippen LogP contribution in [0.3, 0.4) is 0 Å². The van der Waals surface area contributed by atoms with Gasteiger partial charge < -0.3 is 20.1 Å². The maximum absolute atomic E-state index is 12.6. The first-order valence-electron chi connectivity index (χ1n) is 8.29. The highest BCUT2D eigenvalue weighted by molar-refractivity contribution is 6.06. The molecule has 8 heteroatoms. The number of anilines is 3. The molecule has 3 rings (SSSR count). The van der Waals surface area contributed by atoms with Crippen molar-refractivity contribution in [1.82, 2.24) is 15.4 Å². The van der Waals surface area contributed by atoms with Crippen molar-refractivity contribution in [1.29, 1.82) is 0 Å². The van der Waals surface area contributed by atoms with Gasteiger partial charge in [-0.05, 0) is 49.2 Å². The van der Waals surface area contributed by atoms with Gasteiger partial charge in [-0.1, -0.05) is 6.07 Å². The van der Waals surface area contributed by atoms with Crippen molar-refractivity contribution in [3.05, 3.63) is 53.2 Å². The number of carbonyl (C=O) groups excluding carboxylic acids is 1. The number of aryl methyl sites for hydroxylation is 2. The lowest BCUT2D eigenvalue weighted by Gasteiger charge is -2.11. The van der Waals surface area contributed by atoms with E-state index in [1.807, 2.05) is 26.0 Å². The second-order valence-corrected chi connectivity index (χ2v) is 6.05. The van der Waals surface area contributed by atoms with E-state index in [2.05, 4.69) is 32.1 Å². The Hall–Kier alpha value is -3.55. The Bertz CT molecular complexity index is 947.